The van der Waals surface area contributed by atoms with Gasteiger partial charge in [0.25, 0.3) is 0 Å². The second kappa shape index (κ2) is 3.60. The van der Waals surface area contributed by atoms with Crippen LogP contribution in [0.2, 0.25) is 0 Å². The zero-order chi connectivity index (χ0) is 10.0. The highest BCUT2D eigenvalue weighted by Crippen LogP contribution is 2.21. The Kier molecular flexibility index (Phi) is 2.71. The van der Waals surface area contributed by atoms with Gasteiger partial charge in [0.05, 0.1) is 5.56 Å². The van der Waals surface area contributed by atoms with Gasteiger partial charge in [0, 0.05) is 5.92 Å². The highest BCUT2D eigenvalue weighted by Gasteiger charge is 2.13. The third kappa shape index (κ3) is 2.08. The predicted octanol–water partition coefficient (Wildman–Crippen LogP) is 2.54. The minimum atomic E-state index is -0.0754. The molecule has 0 saturated carbocycles. The predicted molar refractivity (Wildman–Crippen MR) is 52.0 cm³/mol. The Balaban J connectivity index is 3.09. The van der Waals surface area contributed by atoms with E-state index in [4.69, 9.17) is 0 Å². The number of phenolic OH excluding ortho intramolecular Hbond substituents is 1. The van der Waals surface area contributed by atoms with E-state index >= 15 is 0 Å². The number of aromatic hydroxyl groups is 1. The minimum absolute atomic E-state index is 0.0162. The van der Waals surface area contributed by atoms with Crippen LogP contribution < -0.4 is 0 Å². The number of aryl methyl sites for hydroxylation is 1. The SMILES string of the molecule is Cc1ccc(C(=O)C(C)C)c(O)c1. The van der Waals surface area contributed by atoms with Gasteiger partial charge in [-0.3, -0.25) is 4.79 Å². The molecule has 0 heterocycles. The minimum Gasteiger partial charge on any atom is -0.507 e. The summed E-state index contributed by atoms with van der Waals surface area (Å²) in [6.45, 7) is 5.52. The Morgan fingerprint density at radius 1 is 1.38 bits per heavy atom. The lowest BCUT2D eigenvalue weighted by Crippen LogP contribution is -2.07. The third-order valence-electron chi connectivity index (χ3n) is 1.94. The summed E-state index contributed by atoms with van der Waals surface area (Å²) < 4.78 is 0. The maximum Gasteiger partial charge on any atom is 0.169 e. The molecule has 0 unspecified atom stereocenters. The summed E-state index contributed by atoms with van der Waals surface area (Å²) in [6, 6.07) is 5.11. The summed E-state index contributed by atoms with van der Waals surface area (Å²) >= 11 is 0. The molecule has 0 aliphatic heterocycles. The Morgan fingerprint density at radius 3 is 2.46 bits per heavy atom. The van der Waals surface area contributed by atoms with Gasteiger partial charge in [0.15, 0.2) is 5.78 Å². The molecule has 70 valence electrons. The number of rotatable bonds is 2. The van der Waals surface area contributed by atoms with E-state index in [1.54, 1.807) is 12.1 Å². The number of phenols is 1. The molecule has 2 heteroatoms. The molecule has 0 fully saturated rings. The molecule has 1 aromatic rings. The number of ketones is 1. The quantitative estimate of drug-likeness (QED) is 0.706. The summed E-state index contributed by atoms with van der Waals surface area (Å²) in [5.74, 6) is -0.00944. The first-order chi connectivity index (χ1) is 6.02. The van der Waals surface area contributed by atoms with Gasteiger partial charge in [-0.25, -0.2) is 0 Å². The lowest BCUT2D eigenvalue weighted by atomic mass is 9.99. The van der Waals surface area contributed by atoms with Crippen molar-refractivity contribution in [3.63, 3.8) is 0 Å². The molecule has 0 radical (unpaired) electrons. The fraction of sp³-hybridized carbons (Fsp3) is 0.364. The van der Waals surface area contributed by atoms with E-state index in [0.717, 1.165) is 5.56 Å². The van der Waals surface area contributed by atoms with E-state index in [-0.39, 0.29) is 17.5 Å². The van der Waals surface area contributed by atoms with Crippen molar-refractivity contribution in [1.82, 2.24) is 0 Å². The van der Waals surface area contributed by atoms with Gasteiger partial charge in [-0.15, -0.1) is 0 Å². The van der Waals surface area contributed by atoms with E-state index in [2.05, 4.69) is 0 Å². The topological polar surface area (TPSA) is 37.3 Å². The fourth-order valence-corrected chi connectivity index (χ4v) is 1.16. The number of carbonyl (C=O) groups excluding carboxylic acids is 1. The van der Waals surface area contributed by atoms with Crippen LogP contribution in [0.5, 0.6) is 5.75 Å². The zero-order valence-electron chi connectivity index (χ0n) is 8.16. The molecule has 0 aliphatic rings. The average molecular weight is 178 g/mol. The molecule has 0 aromatic heterocycles. The van der Waals surface area contributed by atoms with Crippen LogP contribution in [-0.4, -0.2) is 10.9 Å². The van der Waals surface area contributed by atoms with Crippen LogP contribution in [0.3, 0.4) is 0 Å². The van der Waals surface area contributed by atoms with Gasteiger partial charge >= 0.3 is 0 Å². The monoisotopic (exact) mass is 178 g/mol. The molecule has 1 N–H and O–H groups in total. The van der Waals surface area contributed by atoms with Crippen LogP contribution in [0.1, 0.15) is 29.8 Å². The summed E-state index contributed by atoms with van der Waals surface area (Å²) in [5, 5.41) is 9.49. The average Bonchev–Trinajstić information content (AvgIpc) is 2.03. The Morgan fingerprint density at radius 2 is 2.00 bits per heavy atom. The fourth-order valence-electron chi connectivity index (χ4n) is 1.16. The molecule has 1 aromatic carbocycles. The molecule has 0 amide bonds. The van der Waals surface area contributed by atoms with Crippen LogP contribution in [0, 0.1) is 12.8 Å². The normalized spacial score (nSPS) is 10.5. The van der Waals surface area contributed by atoms with Crippen LogP contribution in [0.15, 0.2) is 18.2 Å². The van der Waals surface area contributed by atoms with Crippen molar-refractivity contribution in [1.29, 1.82) is 0 Å². The molecule has 0 atom stereocenters. The standard InChI is InChI=1S/C11H14O2/c1-7(2)11(13)9-5-4-8(3)6-10(9)12/h4-7,12H,1-3H3. The van der Waals surface area contributed by atoms with Gasteiger partial charge in [-0.1, -0.05) is 19.9 Å². The summed E-state index contributed by atoms with van der Waals surface area (Å²) in [6.07, 6.45) is 0. The molecule has 13 heavy (non-hydrogen) atoms. The molecule has 0 saturated heterocycles. The Hall–Kier alpha value is -1.31. The van der Waals surface area contributed by atoms with Crippen molar-refractivity contribution in [3.05, 3.63) is 29.3 Å². The summed E-state index contributed by atoms with van der Waals surface area (Å²) in [5.41, 5.74) is 1.37. The maximum atomic E-state index is 11.5. The van der Waals surface area contributed by atoms with Crippen molar-refractivity contribution in [2.75, 3.05) is 0 Å². The summed E-state index contributed by atoms with van der Waals surface area (Å²) in [7, 11) is 0. The van der Waals surface area contributed by atoms with Crippen LogP contribution in [-0.2, 0) is 0 Å². The molecule has 0 bridgehead atoms. The first-order valence-electron chi connectivity index (χ1n) is 4.36. The number of hydrogen-bond acceptors (Lipinski definition) is 2. The van der Waals surface area contributed by atoms with E-state index in [1.807, 2.05) is 26.8 Å². The molecule has 1 rings (SSSR count). The van der Waals surface area contributed by atoms with Gasteiger partial charge in [-0.05, 0) is 24.6 Å². The largest absolute Gasteiger partial charge is 0.507 e. The maximum absolute atomic E-state index is 11.5. The van der Waals surface area contributed by atoms with E-state index in [1.165, 1.54) is 0 Å². The van der Waals surface area contributed by atoms with Crippen molar-refractivity contribution >= 4 is 5.78 Å². The molecular weight excluding hydrogens is 164 g/mol. The highest BCUT2D eigenvalue weighted by atomic mass is 16.3. The molecule has 2 nitrogen and oxygen atoms in total. The van der Waals surface area contributed by atoms with Crippen LogP contribution in [0.25, 0.3) is 0 Å². The molecular formula is C11H14O2. The van der Waals surface area contributed by atoms with E-state index < -0.39 is 0 Å². The molecule has 0 spiro atoms. The van der Waals surface area contributed by atoms with Crippen molar-refractivity contribution in [2.45, 2.75) is 20.8 Å². The first-order valence-corrected chi connectivity index (χ1v) is 4.36. The number of benzene rings is 1. The Labute approximate surface area is 78.2 Å². The Bertz CT molecular complexity index is 327. The second-order valence-electron chi connectivity index (χ2n) is 3.54. The smallest absolute Gasteiger partial charge is 0.169 e. The van der Waals surface area contributed by atoms with Crippen molar-refractivity contribution in [2.24, 2.45) is 5.92 Å². The van der Waals surface area contributed by atoms with Gasteiger partial charge < -0.3 is 5.11 Å². The lowest BCUT2D eigenvalue weighted by molar-refractivity contribution is 0.0936. The number of Topliss-reactive ketones (excluding diaryl/α,β-unsaturated/α-hetero) is 1. The van der Waals surface area contributed by atoms with Crippen LogP contribution in [0.4, 0.5) is 0 Å². The van der Waals surface area contributed by atoms with E-state index in [0.29, 0.717) is 5.56 Å². The number of carbonyl (C=O) groups is 1. The van der Waals surface area contributed by atoms with Gasteiger partial charge in [0.1, 0.15) is 5.75 Å². The number of hydrogen-bond donors (Lipinski definition) is 1. The van der Waals surface area contributed by atoms with Gasteiger partial charge in [-0.2, -0.15) is 0 Å². The van der Waals surface area contributed by atoms with Gasteiger partial charge in [0.2, 0.25) is 0 Å². The zero-order valence-corrected chi connectivity index (χ0v) is 8.16. The lowest BCUT2D eigenvalue weighted by Gasteiger charge is -2.06. The van der Waals surface area contributed by atoms with E-state index in [9.17, 15) is 9.90 Å². The second-order valence-corrected chi connectivity index (χ2v) is 3.54. The first kappa shape index (κ1) is 9.78. The summed E-state index contributed by atoms with van der Waals surface area (Å²) in [4.78, 5) is 11.5. The van der Waals surface area contributed by atoms with Crippen LogP contribution >= 0.6 is 0 Å². The third-order valence-corrected chi connectivity index (χ3v) is 1.94. The molecule has 0 aliphatic carbocycles. The van der Waals surface area contributed by atoms with Crippen molar-refractivity contribution < 1.29 is 9.90 Å². The highest BCUT2D eigenvalue weighted by molar-refractivity contribution is 5.99. The van der Waals surface area contributed by atoms with Crippen molar-refractivity contribution in [3.8, 4) is 5.75 Å².